The van der Waals surface area contributed by atoms with Crippen molar-refractivity contribution in [1.29, 1.82) is 0 Å². The third-order valence-electron chi connectivity index (χ3n) is 4.40. The van der Waals surface area contributed by atoms with Gasteiger partial charge in [-0.3, -0.25) is 4.79 Å². The minimum absolute atomic E-state index is 0.0672. The molecule has 3 rings (SSSR count). The fraction of sp³-hybridized carbons (Fsp3) is 0.278. The van der Waals surface area contributed by atoms with Gasteiger partial charge in [0.15, 0.2) is 0 Å². The molecule has 1 amide bonds. The average Bonchev–Trinajstić information content (AvgIpc) is 2.87. The van der Waals surface area contributed by atoms with E-state index in [0.29, 0.717) is 12.2 Å². The highest BCUT2D eigenvalue weighted by Crippen LogP contribution is 2.33. The molecule has 1 aliphatic rings. The minimum Gasteiger partial charge on any atom is -0.325 e. The molecule has 1 heterocycles. The molecule has 2 aromatic rings. The molecule has 126 valence electrons. The summed E-state index contributed by atoms with van der Waals surface area (Å²) in [5.74, 6) is -0.374. The van der Waals surface area contributed by atoms with E-state index < -0.39 is 10.0 Å². The molecular weight excluding hydrogens is 324 g/mol. The Morgan fingerprint density at radius 2 is 1.88 bits per heavy atom. The normalized spacial score (nSPS) is 18.1. The topological polar surface area (TPSA) is 75.3 Å². The Balaban J connectivity index is 1.76. The molecule has 0 aromatic heterocycles. The second-order valence-electron chi connectivity index (χ2n) is 6.12. The Kier molecular flexibility index (Phi) is 4.43. The first-order valence-corrected chi connectivity index (χ1v) is 9.36. The molecule has 24 heavy (non-hydrogen) atoms. The van der Waals surface area contributed by atoms with Gasteiger partial charge in [0.25, 0.3) is 0 Å². The number of sulfonamides is 1. The molecular formula is C18H20N2O3S. The van der Waals surface area contributed by atoms with Gasteiger partial charge in [0.2, 0.25) is 15.9 Å². The SMILES string of the molecule is C[C@@H]1C(=O)Nc2ccc(S(=O)(=O)NC[C@H](C)c3ccccc3)cc21. The first-order valence-electron chi connectivity index (χ1n) is 7.88. The van der Waals surface area contributed by atoms with Crippen molar-refractivity contribution in [1.82, 2.24) is 4.72 Å². The standard InChI is InChI=1S/C18H20N2O3S/c1-12(14-6-4-3-5-7-14)11-19-24(22,23)15-8-9-17-16(10-15)13(2)18(21)20-17/h3-10,12-13,19H,11H2,1-2H3,(H,20,21)/t12-,13-/m0/s1. The molecule has 0 saturated heterocycles. The lowest BCUT2D eigenvalue weighted by atomic mass is 10.0. The highest BCUT2D eigenvalue weighted by molar-refractivity contribution is 7.89. The van der Waals surface area contributed by atoms with Gasteiger partial charge in [-0.15, -0.1) is 0 Å². The largest absolute Gasteiger partial charge is 0.325 e. The third-order valence-corrected chi connectivity index (χ3v) is 5.82. The maximum absolute atomic E-state index is 12.5. The molecule has 6 heteroatoms. The fourth-order valence-electron chi connectivity index (χ4n) is 2.78. The molecule has 0 unspecified atom stereocenters. The van der Waals surface area contributed by atoms with E-state index >= 15 is 0 Å². The lowest BCUT2D eigenvalue weighted by molar-refractivity contribution is -0.116. The van der Waals surface area contributed by atoms with Crippen molar-refractivity contribution in [3.05, 3.63) is 59.7 Å². The van der Waals surface area contributed by atoms with Crippen LogP contribution in [0.4, 0.5) is 5.69 Å². The molecule has 0 saturated carbocycles. The minimum atomic E-state index is -3.61. The van der Waals surface area contributed by atoms with Crippen molar-refractivity contribution < 1.29 is 13.2 Å². The number of carbonyl (C=O) groups excluding carboxylic acids is 1. The number of nitrogens with one attached hydrogen (secondary N) is 2. The van der Waals surface area contributed by atoms with Crippen molar-refractivity contribution in [3.8, 4) is 0 Å². The molecule has 0 bridgehead atoms. The number of benzene rings is 2. The number of amides is 1. The van der Waals surface area contributed by atoms with Crippen LogP contribution in [0.3, 0.4) is 0 Å². The van der Waals surface area contributed by atoms with E-state index in [-0.39, 0.29) is 22.6 Å². The van der Waals surface area contributed by atoms with Gasteiger partial charge >= 0.3 is 0 Å². The Hall–Kier alpha value is -2.18. The number of hydrogen-bond donors (Lipinski definition) is 2. The molecule has 0 radical (unpaired) electrons. The number of hydrogen-bond acceptors (Lipinski definition) is 3. The molecule has 0 fully saturated rings. The Morgan fingerprint density at radius 3 is 2.58 bits per heavy atom. The third kappa shape index (κ3) is 3.20. The summed E-state index contributed by atoms with van der Waals surface area (Å²) in [6, 6.07) is 14.5. The highest BCUT2D eigenvalue weighted by atomic mass is 32.2. The van der Waals surface area contributed by atoms with E-state index in [0.717, 1.165) is 11.1 Å². The van der Waals surface area contributed by atoms with Crippen LogP contribution in [-0.2, 0) is 14.8 Å². The van der Waals surface area contributed by atoms with Gasteiger partial charge in [0.05, 0.1) is 10.8 Å². The average molecular weight is 344 g/mol. The summed E-state index contributed by atoms with van der Waals surface area (Å²) in [7, 11) is -3.61. The second kappa shape index (κ2) is 6.37. The molecule has 2 N–H and O–H groups in total. The summed E-state index contributed by atoms with van der Waals surface area (Å²) in [5, 5.41) is 2.74. The van der Waals surface area contributed by atoms with Crippen molar-refractivity contribution in [2.75, 3.05) is 11.9 Å². The Morgan fingerprint density at radius 1 is 1.17 bits per heavy atom. The number of fused-ring (bicyclic) bond motifs is 1. The molecule has 0 spiro atoms. The van der Waals surface area contributed by atoms with Crippen LogP contribution in [-0.4, -0.2) is 20.9 Å². The lowest BCUT2D eigenvalue weighted by Crippen LogP contribution is -2.27. The van der Waals surface area contributed by atoms with Crippen LogP contribution in [0, 0.1) is 0 Å². The van der Waals surface area contributed by atoms with Crippen LogP contribution >= 0.6 is 0 Å². The lowest BCUT2D eigenvalue weighted by Gasteiger charge is -2.14. The zero-order chi connectivity index (χ0) is 17.3. The monoisotopic (exact) mass is 344 g/mol. The van der Waals surface area contributed by atoms with Gasteiger partial charge in [-0.2, -0.15) is 0 Å². The van der Waals surface area contributed by atoms with Crippen molar-refractivity contribution in [3.63, 3.8) is 0 Å². The van der Waals surface area contributed by atoms with E-state index in [1.807, 2.05) is 37.3 Å². The number of carbonyl (C=O) groups is 1. The van der Waals surface area contributed by atoms with Crippen LogP contribution in [0.15, 0.2) is 53.4 Å². The summed E-state index contributed by atoms with van der Waals surface area (Å²) in [6.45, 7) is 4.06. The Labute approximate surface area is 142 Å². The predicted molar refractivity (Wildman–Crippen MR) is 93.5 cm³/mol. The first kappa shape index (κ1) is 16.7. The first-order chi connectivity index (χ1) is 11.4. The fourth-order valence-corrected chi connectivity index (χ4v) is 3.95. The quantitative estimate of drug-likeness (QED) is 0.876. The molecule has 2 atom stereocenters. The summed E-state index contributed by atoms with van der Waals surface area (Å²) >= 11 is 0. The second-order valence-corrected chi connectivity index (χ2v) is 7.89. The van der Waals surface area contributed by atoms with Crippen LogP contribution in [0.5, 0.6) is 0 Å². The van der Waals surface area contributed by atoms with Crippen molar-refractivity contribution in [2.24, 2.45) is 0 Å². The molecule has 5 nitrogen and oxygen atoms in total. The zero-order valence-corrected chi connectivity index (χ0v) is 14.4. The highest BCUT2D eigenvalue weighted by Gasteiger charge is 2.28. The summed E-state index contributed by atoms with van der Waals surface area (Å²) in [4.78, 5) is 11.9. The molecule has 2 aromatic carbocycles. The van der Waals surface area contributed by atoms with Gasteiger partial charge < -0.3 is 5.32 Å². The number of anilines is 1. The van der Waals surface area contributed by atoms with Gasteiger partial charge in [-0.1, -0.05) is 37.3 Å². The predicted octanol–water partition coefficient (Wildman–Crippen LogP) is 2.82. The van der Waals surface area contributed by atoms with Gasteiger partial charge in [0, 0.05) is 12.2 Å². The smallest absolute Gasteiger partial charge is 0.240 e. The van der Waals surface area contributed by atoms with Gasteiger partial charge in [-0.25, -0.2) is 13.1 Å². The maximum atomic E-state index is 12.5. The summed E-state index contributed by atoms with van der Waals surface area (Å²) < 4.78 is 27.7. The zero-order valence-electron chi connectivity index (χ0n) is 13.6. The van der Waals surface area contributed by atoms with E-state index in [9.17, 15) is 13.2 Å². The van der Waals surface area contributed by atoms with Crippen molar-refractivity contribution in [2.45, 2.75) is 30.6 Å². The van der Waals surface area contributed by atoms with E-state index in [1.54, 1.807) is 19.1 Å². The van der Waals surface area contributed by atoms with Crippen molar-refractivity contribution >= 4 is 21.6 Å². The van der Waals surface area contributed by atoms with E-state index in [1.165, 1.54) is 6.07 Å². The number of rotatable bonds is 5. The van der Waals surface area contributed by atoms with Crippen LogP contribution in [0.1, 0.15) is 36.8 Å². The van der Waals surface area contributed by atoms with Crippen LogP contribution in [0.2, 0.25) is 0 Å². The summed E-state index contributed by atoms with van der Waals surface area (Å²) in [6.07, 6.45) is 0. The molecule has 1 aliphatic heterocycles. The van der Waals surface area contributed by atoms with Gasteiger partial charge in [-0.05, 0) is 42.2 Å². The van der Waals surface area contributed by atoms with E-state index in [4.69, 9.17) is 0 Å². The maximum Gasteiger partial charge on any atom is 0.240 e. The van der Waals surface area contributed by atoms with Crippen LogP contribution in [0.25, 0.3) is 0 Å². The van der Waals surface area contributed by atoms with Gasteiger partial charge in [0.1, 0.15) is 0 Å². The van der Waals surface area contributed by atoms with Crippen LogP contribution < -0.4 is 10.0 Å². The summed E-state index contributed by atoms with van der Waals surface area (Å²) in [5.41, 5.74) is 2.49. The Bertz CT molecular complexity index is 863. The molecule has 0 aliphatic carbocycles. The van der Waals surface area contributed by atoms with E-state index in [2.05, 4.69) is 10.0 Å².